The predicted molar refractivity (Wildman–Crippen MR) is 94.4 cm³/mol. The molecule has 0 saturated heterocycles. The maximum absolute atomic E-state index is 12.4. The van der Waals surface area contributed by atoms with Crippen molar-refractivity contribution in [3.05, 3.63) is 47.5 Å². The first-order chi connectivity index (χ1) is 12.1. The van der Waals surface area contributed by atoms with Crippen LogP contribution < -0.4 is 14.4 Å². The third-order valence-electron chi connectivity index (χ3n) is 3.41. The smallest absolute Gasteiger partial charge is 0.387 e. The van der Waals surface area contributed by atoms with Crippen LogP contribution in [-0.4, -0.2) is 28.0 Å². The number of amides is 1. The molecule has 0 radical (unpaired) electrons. The van der Waals surface area contributed by atoms with Crippen LogP contribution in [0.1, 0.15) is 6.92 Å². The van der Waals surface area contributed by atoms with Gasteiger partial charge in [-0.15, -0.1) is 0 Å². The molecule has 2 rings (SSSR count). The lowest BCUT2D eigenvalue weighted by Gasteiger charge is -2.16. The quantitative estimate of drug-likeness (QED) is 0.796. The highest BCUT2D eigenvalue weighted by Crippen LogP contribution is 2.29. The highest BCUT2D eigenvalue weighted by Gasteiger charge is 2.18. The summed E-state index contributed by atoms with van der Waals surface area (Å²) in [5, 5.41) is -0.258. The average molecular weight is 405 g/mol. The van der Waals surface area contributed by atoms with E-state index in [2.05, 4.69) is 9.46 Å². The highest BCUT2D eigenvalue weighted by molar-refractivity contribution is 7.92. The van der Waals surface area contributed by atoms with E-state index in [1.165, 1.54) is 24.0 Å². The van der Waals surface area contributed by atoms with E-state index in [-0.39, 0.29) is 27.3 Å². The zero-order valence-corrected chi connectivity index (χ0v) is 15.3. The second-order valence-corrected chi connectivity index (χ2v) is 7.29. The van der Waals surface area contributed by atoms with Crippen molar-refractivity contribution in [2.45, 2.75) is 18.4 Å². The summed E-state index contributed by atoms with van der Waals surface area (Å²) in [6, 6.07) is 9.29. The Balaban J connectivity index is 2.20. The Labute approximate surface area is 154 Å². The number of carbonyl (C=O) groups is 1. The Hall–Kier alpha value is -2.39. The second kappa shape index (κ2) is 7.88. The molecule has 6 nitrogen and oxygen atoms in total. The molecule has 10 heteroatoms. The molecule has 0 atom stereocenters. The number of rotatable bonds is 6. The molecule has 0 bridgehead atoms. The maximum Gasteiger partial charge on any atom is 0.387 e. The Bertz CT molecular complexity index is 905. The number of anilines is 2. The summed E-state index contributed by atoms with van der Waals surface area (Å²) in [5.41, 5.74) is 0.853. The fraction of sp³-hybridized carbons (Fsp3) is 0.188. The second-order valence-electron chi connectivity index (χ2n) is 5.20. The van der Waals surface area contributed by atoms with Crippen LogP contribution in [0.25, 0.3) is 0 Å². The van der Waals surface area contributed by atoms with Gasteiger partial charge in [-0.1, -0.05) is 11.6 Å². The van der Waals surface area contributed by atoms with Gasteiger partial charge in [-0.05, 0) is 42.5 Å². The molecular formula is C16H15ClF2N2O4S. The van der Waals surface area contributed by atoms with Crippen LogP contribution in [0.4, 0.5) is 20.2 Å². The van der Waals surface area contributed by atoms with Gasteiger partial charge in [0.2, 0.25) is 5.91 Å². The summed E-state index contributed by atoms with van der Waals surface area (Å²) in [7, 11) is -2.40. The molecule has 0 aliphatic heterocycles. The molecule has 0 heterocycles. The summed E-state index contributed by atoms with van der Waals surface area (Å²) in [6.45, 7) is -1.67. The van der Waals surface area contributed by atoms with Crippen molar-refractivity contribution in [2.75, 3.05) is 16.7 Å². The molecule has 1 amide bonds. The van der Waals surface area contributed by atoms with Crippen LogP contribution >= 0.6 is 11.6 Å². The number of carbonyl (C=O) groups excluding carboxylic acids is 1. The lowest BCUT2D eigenvalue weighted by atomic mass is 10.2. The van der Waals surface area contributed by atoms with Crippen LogP contribution in [0.5, 0.6) is 5.75 Å². The van der Waals surface area contributed by atoms with E-state index in [0.717, 1.165) is 18.2 Å². The van der Waals surface area contributed by atoms with Gasteiger partial charge < -0.3 is 9.64 Å². The number of hydrogen-bond acceptors (Lipinski definition) is 4. The number of ether oxygens (including phenoxy) is 1. The molecule has 0 aliphatic carbocycles. The van der Waals surface area contributed by atoms with Crippen molar-refractivity contribution in [2.24, 2.45) is 0 Å². The summed E-state index contributed by atoms with van der Waals surface area (Å²) in [5.74, 6) is -0.490. The van der Waals surface area contributed by atoms with Gasteiger partial charge in [0.15, 0.2) is 0 Å². The normalized spacial score (nSPS) is 11.3. The van der Waals surface area contributed by atoms with Crippen molar-refractivity contribution in [3.63, 3.8) is 0 Å². The fourth-order valence-corrected chi connectivity index (χ4v) is 3.36. The molecular weight excluding hydrogens is 390 g/mol. The molecule has 0 spiro atoms. The van der Waals surface area contributed by atoms with Crippen LogP contribution in [0.15, 0.2) is 47.4 Å². The highest BCUT2D eigenvalue weighted by atomic mass is 35.5. The Morgan fingerprint density at radius 2 is 1.81 bits per heavy atom. The lowest BCUT2D eigenvalue weighted by molar-refractivity contribution is -0.116. The maximum atomic E-state index is 12.4. The molecule has 1 N–H and O–H groups in total. The fourth-order valence-electron chi connectivity index (χ4n) is 1.99. The largest absolute Gasteiger partial charge is 0.433 e. The number of benzene rings is 2. The van der Waals surface area contributed by atoms with E-state index in [9.17, 15) is 22.0 Å². The van der Waals surface area contributed by atoms with Gasteiger partial charge in [-0.2, -0.15) is 8.78 Å². The minimum absolute atomic E-state index is 0.168. The van der Waals surface area contributed by atoms with Gasteiger partial charge in [0.1, 0.15) is 5.75 Å². The zero-order chi connectivity index (χ0) is 19.5. The van der Waals surface area contributed by atoms with Gasteiger partial charge >= 0.3 is 6.61 Å². The first kappa shape index (κ1) is 19.9. The monoisotopic (exact) mass is 404 g/mol. The summed E-state index contributed by atoms with van der Waals surface area (Å²) >= 11 is 5.78. The number of hydrogen-bond donors (Lipinski definition) is 1. The Kier molecular flexibility index (Phi) is 6.04. The van der Waals surface area contributed by atoms with Crippen molar-refractivity contribution < 1.29 is 26.7 Å². The summed E-state index contributed by atoms with van der Waals surface area (Å²) in [6.07, 6.45) is 0. The summed E-state index contributed by atoms with van der Waals surface area (Å²) < 4.78 is 55.7. The standard InChI is InChI=1S/C16H15ClF2N2O4S/c1-10(22)21(2)12-5-3-11(4-6-12)20-26(23,24)13-7-8-15(14(17)9-13)25-16(18)19/h3-9,16,20H,1-2H3. The first-order valence-corrected chi connectivity index (χ1v) is 9.08. The minimum atomic E-state index is -3.99. The van der Waals surface area contributed by atoms with Gasteiger partial charge in [0.05, 0.1) is 9.92 Å². The number of nitrogens with one attached hydrogen (secondary N) is 1. The van der Waals surface area contributed by atoms with E-state index in [1.54, 1.807) is 19.2 Å². The third-order valence-corrected chi connectivity index (χ3v) is 5.08. The SMILES string of the molecule is CC(=O)N(C)c1ccc(NS(=O)(=O)c2ccc(OC(F)F)c(Cl)c2)cc1. The topological polar surface area (TPSA) is 75.7 Å². The average Bonchev–Trinajstić information content (AvgIpc) is 2.56. The third kappa shape index (κ3) is 4.83. The Morgan fingerprint density at radius 1 is 1.19 bits per heavy atom. The van der Waals surface area contributed by atoms with E-state index in [0.29, 0.717) is 5.69 Å². The van der Waals surface area contributed by atoms with Gasteiger partial charge in [-0.3, -0.25) is 9.52 Å². The number of sulfonamides is 1. The van der Waals surface area contributed by atoms with Crippen molar-refractivity contribution in [1.29, 1.82) is 0 Å². The number of alkyl halides is 2. The van der Waals surface area contributed by atoms with E-state index in [1.807, 2.05) is 0 Å². The number of nitrogens with zero attached hydrogens (tertiary/aromatic N) is 1. The van der Waals surface area contributed by atoms with Crippen molar-refractivity contribution in [1.82, 2.24) is 0 Å². The molecule has 2 aromatic rings. The molecule has 2 aromatic carbocycles. The lowest BCUT2D eigenvalue weighted by Crippen LogP contribution is -2.22. The first-order valence-electron chi connectivity index (χ1n) is 7.21. The van der Waals surface area contributed by atoms with Crippen molar-refractivity contribution in [3.8, 4) is 5.75 Å². The van der Waals surface area contributed by atoms with E-state index in [4.69, 9.17) is 11.6 Å². The molecule has 0 aromatic heterocycles. The van der Waals surface area contributed by atoms with E-state index < -0.39 is 16.6 Å². The van der Waals surface area contributed by atoms with Gasteiger partial charge in [-0.25, -0.2) is 8.42 Å². The van der Waals surface area contributed by atoms with Gasteiger partial charge in [0, 0.05) is 25.3 Å². The van der Waals surface area contributed by atoms with Crippen molar-refractivity contribution >= 4 is 38.9 Å². The van der Waals surface area contributed by atoms with Crippen LogP contribution in [-0.2, 0) is 14.8 Å². The molecule has 140 valence electrons. The molecule has 26 heavy (non-hydrogen) atoms. The van der Waals surface area contributed by atoms with E-state index >= 15 is 0 Å². The minimum Gasteiger partial charge on any atom is -0.433 e. The number of halogens is 3. The van der Waals surface area contributed by atoms with Crippen LogP contribution in [0.2, 0.25) is 5.02 Å². The van der Waals surface area contributed by atoms with Crippen LogP contribution in [0, 0.1) is 0 Å². The molecule has 0 unspecified atom stereocenters. The van der Waals surface area contributed by atoms with Crippen LogP contribution in [0.3, 0.4) is 0 Å². The molecule has 0 aliphatic rings. The Morgan fingerprint density at radius 3 is 2.31 bits per heavy atom. The molecule has 0 fully saturated rings. The summed E-state index contributed by atoms with van der Waals surface area (Å²) in [4.78, 5) is 12.5. The zero-order valence-electron chi connectivity index (χ0n) is 13.7. The van der Waals surface area contributed by atoms with Gasteiger partial charge in [0.25, 0.3) is 10.0 Å². The molecule has 0 saturated carbocycles. The predicted octanol–water partition coefficient (Wildman–Crippen LogP) is 3.72.